The molecule has 10 heteroatoms. The van der Waals surface area contributed by atoms with Crippen molar-refractivity contribution >= 4 is 28.4 Å². The molecule has 3 aromatic rings. The number of carbonyl (C=O) groups excluding carboxylic acids is 2. The van der Waals surface area contributed by atoms with Crippen LogP contribution in [0.15, 0.2) is 71.9 Å². The van der Waals surface area contributed by atoms with Crippen molar-refractivity contribution in [1.29, 1.82) is 0 Å². The number of methoxy groups -OCH3 is 1. The topological polar surface area (TPSA) is 127 Å². The lowest BCUT2D eigenvalue weighted by Crippen LogP contribution is -2.31. The van der Waals surface area contributed by atoms with Gasteiger partial charge in [-0.15, -0.1) is 0 Å². The highest BCUT2D eigenvalue weighted by molar-refractivity contribution is 7.90. The lowest BCUT2D eigenvalue weighted by molar-refractivity contribution is -0.108. The summed E-state index contributed by atoms with van der Waals surface area (Å²) >= 11 is 0. The maximum Gasteiger partial charge on any atom is 0.265 e. The van der Waals surface area contributed by atoms with E-state index in [0.29, 0.717) is 29.8 Å². The number of carbonyl (C=O) groups is 2. The molecule has 2 amide bonds. The first kappa shape index (κ1) is 32.4. The van der Waals surface area contributed by atoms with E-state index in [0.717, 1.165) is 35.2 Å². The molecule has 9 nitrogen and oxygen atoms in total. The Labute approximate surface area is 248 Å². The van der Waals surface area contributed by atoms with Crippen LogP contribution in [0, 0.1) is 13.8 Å². The smallest absolute Gasteiger partial charge is 0.265 e. The number of hydrogen-bond acceptors (Lipinski definition) is 6. The van der Waals surface area contributed by atoms with Crippen molar-refractivity contribution in [1.82, 2.24) is 14.6 Å². The molecule has 42 heavy (non-hydrogen) atoms. The van der Waals surface area contributed by atoms with E-state index in [1.54, 1.807) is 43.3 Å². The van der Waals surface area contributed by atoms with Crippen molar-refractivity contribution in [3.8, 4) is 5.75 Å². The third kappa shape index (κ3) is 8.43. The lowest BCUT2D eigenvalue weighted by atomic mass is 10.0. The van der Waals surface area contributed by atoms with Crippen molar-refractivity contribution in [2.45, 2.75) is 57.0 Å². The third-order valence-corrected chi connectivity index (χ3v) is 8.64. The Hall–Kier alpha value is -4.15. The van der Waals surface area contributed by atoms with Gasteiger partial charge in [-0.3, -0.25) is 9.59 Å². The molecule has 1 fully saturated rings. The molecule has 1 saturated carbocycles. The number of amides is 2. The molecule has 4 rings (SSSR count). The van der Waals surface area contributed by atoms with Crippen molar-refractivity contribution < 1.29 is 27.9 Å². The highest BCUT2D eigenvalue weighted by atomic mass is 32.2. The summed E-state index contributed by atoms with van der Waals surface area (Å²) in [6, 6.07) is 11.3. The molecule has 0 unspecified atom stereocenters. The predicted octanol–water partition coefficient (Wildman–Crippen LogP) is 4.55. The number of nitrogens with one attached hydrogen (secondary N) is 2. The number of benzene rings is 2. The Balaban J connectivity index is 0.000000715. The van der Waals surface area contributed by atoms with Gasteiger partial charge in [0.15, 0.2) is 0 Å². The highest BCUT2D eigenvalue weighted by Gasteiger charge is 2.21. The largest absolute Gasteiger partial charge is 0.496 e. The molecule has 1 aromatic heterocycles. The first-order chi connectivity index (χ1) is 20.0. The summed E-state index contributed by atoms with van der Waals surface area (Å²) in [4.78, 5) is 23.4. The van der Waals surface area contributed by atoms with E-state index in [-0.39, 0.29) is 16.6 Å². The Bertz CT molecular complexity index is 1570. The predicted molar refractivity (Wildman–Crippen MR) is 164 cm³/mol. The fourth-order valence-electron chi connectivity index (χ4n) is 4.79. The molecule has 3 N–H and O–H groups in total. The molecule has 2 aromatic carbocycles. The summed E-state index contributed by atoms with van der Waals surface area (Å²) in [7, 11) is -0.595. The number of hydrogen-bond donors (Lipinski definition) is 3. The van der Waals surface area contributed by atoms with Crippen LogP contribution in [0.3, 0.4) is 0 Å². The third-order valence-electron chi connectivity index (χ3n) is 7.15. The molecule has 1 aliphatic rings. The van der Waals surface area contributed by atoms with Crippen LogP contribution in [-0.2, 0) is 28.3 Å². The number of aryl methyl sites for hydroxylation is 2. The van der Waals surface area contributed by atoms with Gasteiger partial charge in [-0.1, -0.05) is 43.7 Å². The van der Waals surface area contributed by atoms with Crippen LogP contribution in [0.1, 0.15) is 64.0 Å². The molecule has 1 heterocycles. The minimum absolute atomic E-state index is 0.0463. The average molecular weight is 594 g/mol. The van der Waals surface area contributed by atoms with E-state index in [9.17, 15) is 18.0 Å². The van der Waals surface area contributed by atoms with E-state index in [1.165, 1.54) is 32.1 Å². The number of aliphatic hydroxyl groups excluding tert-OH is 1. The summed E-state index contributed by atoms with van der Waals surface area (Å²) in [5, 5.41) is 11.2. The van der Waals surface area contributed by atoms with E-state index in [2.05, 4.69) is 16.6 Å². The van der Waals surface area contributed by atoms with E-state index < -0.39 is 15.9 Å². The van der Waals surface area contributed by atoms with Crippen molar-refractivity contribution in [3.05, 3.63) is 101 Å². The second-order valence-corrected chi connectivity index (χ2v) is 11.9. The van der Waals surface area contributed by atoms with Gasteiger partial charge in [0.05, 0.1) is 18.1 Å². The summed E-state index contributed by atoms with van der Waals surface area (Å²) in [6.45, 7) is 7.42. The Morgan fingerprint density at radius 2 is 1.83 bits per heavy atom. The molecule has 1 aliphatic carbocycles. The van der Waals surface area contributed by atoms with Gasteiger partial charge in [-0.05, 0) is 79.3 Å². The van der Waals surface area contributed by atoms with Crippen LogP contribution in [0.4, 0.5) is 0 Å². The standard InChI is InChI=1S/C27H29N3O5S.C5H10O/c1-18-8-6-7-9-26(18)36(33,34)29-27(32)22-12-11-21(25(15-22)35-5)14-23-16-30(4)24(20(23)3)13-10-19(2)28-17-31;6-5-3-1-2-4-5/h6-13,15-17H,2,14H2,1,3-5H3,(H,28,31)(H,29,32);5-6H,1-4H2/b13-10-;. The summed E-state index contributed by atoms with van der Waals surface area (Å²) < 4.78 is 35.0. The maximum absolute atomic E-state index is 12.8. The quantitative estimate of drug-likeness (QED) is 0.234. The van der Waals surface area contributed by atoms with E-state index in [1.807, 2.05) is 30.8 Å². The lowest BCUT2D eigenvalue weighted by Gasteiger charge is -2.12. The normalized spacial score (nSPS) is 13.4. The van der Waals surface area contributed by atoms with E-state index in [4.69, 9.17) is 9.84 Å². The minimum Gasteiger partial charge on any atom is -0.496 e. The van der Waals surface area contributed by atoms with Crippen LogP contribution in [0.5, 0.6) is 5.75 Å². The second-order valence-electron chi connectivity index (χ2n) is 10.2. The number of rotatable bonds is 10. The zero-order valence-corrected chi connectivity index (χ0v) is 25.3. The summed E-state index contributed by atoms with van der Waals surface area (Å²) in [6.07, 6.45) is 11.3. The molecule has 0 bridgehead atoms. The van der Waals surface area contributed by atoms with E-state index >= 15 is 0 Å². The number of allylic oxidation sites excluding steroid dienone is 1. The SMILES string of the molecule is C=C(/C=C\c1c(C)c(Cc2ccc(C(=O)NS(=O)(=O)c3ccccc3C)cc2OC)cn1C)NC=O.OC1CCCC1. The molecule has 0 aliphatic heterocycles. The van der Waals surface area contributed by atoms with Gasteiger partial charge < -0.3 is 19.7 Å². The second kappa shape index (κ2) is 14.7. The van der Waals surface area contributed by atoms with Gasteiger partial charge >= 0.3 is 0 Å². The van der Waals surface area contributed by atoms with Gasteiger partial charge in [0.25, 0.3) is 15.9 Å². The van der Waals surface area contributed by atoms with Gasteiger partial charge in [-0.25, -0.2) is 13.1 Å². The van der Waals surface area contributed by atoms with Crippen LogP contribution in [-0.4, -0.2) is 43.6 Å². The molecule has 0 radical (unpaired) electrons. The number of aromatic nitrogens is 1. The number of sulfonamides is 1. The fraction of sp³-hybridized carbons (Fsp3) is 0.312. The Kier molecular flexibility index (Phi) is 11.3. The van der Waals surface area contributed by atoms with Gasteiger partial charge in [0, 0.05) is 36.6 Å². The average Bonchev–Trinajstić information content (AvgIpc) is 3.53. The first-order valence-corrected chi connectivity index (χ1v) is 15.1. The zero-order valence-electron chi connectivity index (χ0n) is 24.5. The van der Waals surface area contributed by atoms with Crippen LogP contribution in [0.2, 0.25) is 0 Å². The monoisotopic (exact) mass is 593 g/mol. The fourth-order valence-corrected chi connectivity index (χ4v) is 6.01. The molecule has 224 valence electrons. The molecular formula is C32H39N3O6S. The Morgan fingerprint density at radius 3 is 2.43 bits per heavy atom. The first-order valence-electron chi connectivity index (χ1n) is 13.7. The molecular weight excluding hydrogens is 554 g/mol. The molecule has 0 saturated heterocycles. The van der Waals surface area contributed by atoms with Crippen molar-refractivity contribution in [2.24, 2.45) is 7.05 Å². The minimum atomic E-state index is -4.02. The summed E-state index contributed by atoms with van der Waals surface area (Å²) in [5.41, 5.74) is 5.07. The van der Waals surface area contributed by atoms with Gasteiger partial charge in [0.2, 0.25) is 6.41 Å². The zero-order chi connectivity index (χ0) is 30.9. The van der Waals surface area contributed by atoms with Crippen LogP contribution >= 0.6 is 0 Å². The summed E-state index contributed by atoms with van der Waals surface area (Å²) in [5.74, 6) is -0.268. The maximum atomic E-state index is 12.8. The van der Waals surface area contributed by atoms with Crippen LogP contribution < -0.4 is 14.8 Å². The van der Waals surface area contributed by atoms with Gasteiger partial charge in [-0.2, -0.15) is 0 Å². The van der Waals surface area contributed by atoms with Crippen molar-refractivity contribution in [3.63, 3.8) is 0 Å². The number of nitrogens with zero attached hydrogens (tertiary/aromatic N) is 1. The van der Waals surface area contributed by atoms with Gasteiger partial charge in [0.1, 0.15) is 5.75 Å². The Morgan fingerprint density at radius 1 is 1.14 bits per heavy atom. The molecule has 0 atom stereocenters. The highest BCUT2D eigenvalue weighted by Crippen LogP contribution is 2.27. The van der Waals surface area contributed by atoms with Crippen LogP contribution in [0.25, 0.3) is 6.08 Å². The number of ether oxygens (including phenoxy) is 1. The van der Waals surface area contributed by atoms with Crippen molar-refractivity contribution in [2.75, 3.05) is 7.11 Å². The molecule has 0 spiro atoms. The number of aliphatic hydroxyl groups is 1.